The van der Waals surface area contributed by atoms with E-state index in [0.29, 0.717) is 18.6 Å². The van der Waals surface area contributed by atoms with Crippen molar-refractivity contribution in [2.75, 3.05) is 27.2 Å². The molecule has 6 nitrogen and oxygen atoms in total. The monoisotopic (exact) mass is 357 g/mol. The minimum atomic E-state index is -0.854. The van der Waals surface area contributed by atoms with Crippen molar-refractivity contribution < 1.29 is 14.3 Å². The Morgan fingerprint density at radius 3 is 2.58 bits per heavy atom. The maximum absolute atomic E-state index is 12.5. The topological polar surface area (TPSA) is 84.7 Å². The van der Waals surface area contributed by atoms with E-state index >= 15 is 0 Å². The molecule has 1 aromatic rings. The van der Waals surface area contributed by atoms with Crippen LogP contribution in [0.25, 0.3) is 0 Å². The molecule has 3 rings (SSSR count). The van der Waals surface area contributed by atoms with Gasteiger partial charge in [0.1, 0.15) is 0 Å². The number of nitrogens with zero attached hydrogens (tertiary/aromatic N) is 1. The van der Waals surface area contributed by atoms with Crippen LogP contribution in [-0.2, 0) is 14.9 Å². The molecular formula is C20H27N3O3. The maximum Gasteiger partial charge on any atom is 0.251 e. The summed E-state index contributed by atoms with van der Waals surface area (Å²) in [4.78, 5) is 26.2. The van der Waals surface area contributed by atoms with Crippen LogP contribution in [0, 0.1) is 6.42 Å². The first kappa shape index (κ1) is 18.9. The maximum atomic E-state index is 12.5. The van der Waals surface area contributed by atoms with E-state index in [9.17, 15) is 9.59 Å². The third-order valence-corrected chi connectivity index (χ3v) is 5.28. The van der Waals surface area contributed by atoms with Gasteiger partial charge in [0, 0.05) is 18.6 Å². The molecule has 1 aromatic carbocycles. The number of hydrogen-bond donors (Lipinski definition) is 2. The van der Waals surface area contributed by atoms with E-state index < -0.39 is 18.1 Å². The molecule has 2 unspecified atom stereocenters. The summed E-state index contributed by atoms with van der Waals surface area (Å²) < 4.78 is 5.35. The van der Waals surface area contributed by atoms with Crippen molar-refractivity contribution in [2.24, 2.45) is 5.73 Å². The van der Waals surface area contributed by atoms with Gasteiger partial charge in [0.05, 0.1) is 6.04 Å². The fourth-order valence-electron chi connectivity index (χ4n) is 3.45. The highest BCUT2D eigenvalue weighted by atomic mass is 16.5. The molecule has 140 valence electrons. The highest BCUT2D eigenvalue weighted by Gasteiger charge is 2.43. The number of carbonyl (C=O) groups excluding carboxylic acids is 2. The molecule has 1 saturated carbocycles. The molecule has 1 aliphatic carbocycles. The number of primary amides is 1. The van der Waals surface area contributed by atoms with Crippen LogP contribution in [0.2, 0.25) is 0 Å². The summed E-state index contributed by atoms with van der Waals surface area (Å²) in [5, 5.41) is 2.80. The summed E-state index contributed by atoms with van der Waals surface area (Å²) >= 11 is 0. The summed E-state index contributed by atoms with van der Waals surface area (Å²) in [6.45, 7) is 1.45. The van der Waals surface area contributed by atoms with Gasteiger partial charge in [-0.1, -0.05) is 12.1 Å². The van der Waals surface area contributed by atoms with Gasteiger partial charge in [-0.3, -0.25) is 9.59 Å². The molecular weight excluding hydrogens is 330 g/mol. The predicted octanol–water partition coefficient (Wildman–Crippen LogP) is 1.12. The largest absolute Gasteiger partial charge is 0.367 e. The molecule has 0 spiro atoms. The Kier molecular flexibility index (Phi) is 5.63. The van der Waals surface area contributed by atoms with E-state index in [1.165, 1.54) is 18.4 Å². The van der Waals surface area contributed by atoms with Gasteiger partial charge >= 0.3 is 0 Å². The molecule has 2 aliphatic rings. The van der Waals surface area contributed by atoms with E-state index in [0.717, 1.165) is 13.0 Å². The molecule has 3 N–H and O–H groups in total. The number of nitrogens with two attached hydrogens (primary N) is 1. The lowest BCUT2D eigenvalue weighted by Gasteiger charge is -2.29. The van der Waals surface area contributed by atoms with E-state index in [2.05, 4.69) is 30.7 Å². The third-order valence-electron chi connectivity index (χ3n) is 5.28. The average Bonchev–Trinajstić information content (AvgIpc) is 3.41. The summed E-state index contributed by atoms with van der Waals surface area (Å²) in [7, 11) is 4.18. The molecule has 26 heavy (non-hydrogen) atoms. The molecule has 0 aromatic heterocycles. The van der Waals surface area contributed by atoms with Gasteiger partial charge in [-0.2, -0.15) is 0 Å². The van der Waals surface area contributed by atoms with Crippen molar-refractivity contribution in [1.29, 1.82) is 0 Å². The first-order valence-electron chi connectivity index (χ1n) is 9.12. The molecule has 2 radical (unpaired) electrons. The summed E-state index contributed by atoms with van der Waals surface area (Å²) in [5.41, 5.74) is 7.47. The summed E-state index contributed by atoms with van der Waals surface area (Å²) in [5.74, 6) is -0.835. The number of benzene rings is 1. The Balaban J connectivity index is 1.63. The van der Waals surface area contributed by atoms with E-state index in [4.69, 9.17) is 10.5 Å². The first-order valence-corrected chi connectivity index (χ1v) is 9.12. The molecule has 6 heteroatoms. The normalized spacial score (nSPS) is 24.3. The van der Waals surface area contributed by atoms with Crippen molar-refractivity contribution in [3.05, 3.63) is 41.8 Å². The zero-order chi connectivity index (χ0) is 18.7. The van der Waals surface area contributed by atoms with Crippen LogP contribution in [0.1, 0.15) is 41.6 Å². The van der Waals surface area contributed by atoms with Crippen molar-refractivity contribution in [3.63, 3.8) is 0 Å². The van der Waals surface area contributed by atoms with Crippen molar-refractivity contribution in [2.45, 2.75) is 43.2 Å². The fraction of sp³-hybridized carbons (Fsp3) is 0.550. The lowest BCUT2D eigenvalue weighted by atomic mass is 9.91. The molecule has 2 fully saturated rings. The predicted molar refractivity (Wildman–Crippen MR) is 98.6 cm³/mol. The van der Waals surface area contributed by atoms with Gasteiger partial charge in [-0.05, 0) is 69.4 Å². The summed E-state index contributed by atoms with van der Waals surface area (Å²) in [6.07, 6.45) is 6.31. The number of nitrogens with one attached hydrogen (secondary N) is 1. The van der Waals surface area contributed by atoms with Crippen molar-refractivity contribution >= 4 is 11.8 Å². The van der Waals surface area contributed by atoms with Crippen LogP contribution in [-0.4, -0.2) is 56.1 Å². The fourth-order valence-corrected chi connectivity index (χ4v) is 3.45. The van der Waals surface area contributed by atoms with Gasteiger partial charge in [0.25, 0.3) is 5.91 Å². The Bertz CT molecular complexity index is 653. The van der Waals surface area contributed by atoms with Crippen LogP contribution in [0.15, 0.2) is 24.3 Å². The lowest BCUT2D eigenvalue weighted by Crippen LogP contribution is -2.53. The minimum absolute atomic E-state index is 0.246. The Labute approximate surface area is 155 Å². The van der Waals surface area contributed by atoms with Gasteiger partial charge in [0.15, 0.2) is 6.10 Å². The lowest BCUT2D eigenvalue weighted by molar-refractivity contribution is -0.132. The van der Waals surface area contributed by atoms with Crippen LogP contribution < -0.4 is 11.1 Å². The average molecular weight is 357 g/mol. The van der Waals surface area contributed by atoms with Crippen LogP contribution in [0.5, 0.6) is 0 Å². The number of ether oxygens (including phenoxy) is 1. The Hall–Kier alpha value is -1.92. The van der Waals surface area contributed by atoms with Gasteiger partial charge in [-0.25, -0.2) is 0 Å². The van der Waals surface area contributed by atoms with E-state index in [1.54, 1.807) is 0 Å². The quantitative estimate of drug-likeness (QED) is 0.766. The SMILES string of the molecule is CN(C)CCC1(c2ccc(C(=O)NC3[C]CCOC3C(N)=O)cc2)CC1. The zero-order valence-corrected chi connectivity index (χ0v) is 15.5. The number of carbonyl (C=O) groups is 2. The number of hydrogen-bond acceptors (Lipinski definition) is 4. The second-order valence-corrected chi connectivity index (χ2v) is 7.51. The van der Waals surface area contributed by atoms with Crippen LogP contribution in [0.4, 0.5) is 0 Å². The highest BCUT2D eigenvalue weighted by Crippen LogP contribution is 2.51. The van der Waals surface area contributed by atoms with Crippen molar-refractivity contribution in [3.8, 4) is 0 Å². The van der Waals surface area contributed by atoms with Crippen molar-refractivity contribution in [1.82, 2.24) is 10.2 Å². The van der Waals surface area contributed by atoms with Crippen LogP contribution in [0.3, 0.4) is 0 Å². The number of amides is 2. The first-order chi connectivity index (χ1) is 12.4. The van der Waals surface area contributed by atoms with Gasteiger partial charge in [0.2, 0.25) is 5.91 Å². The standard InChI is InChI=1S/C20H27N3O3/c1-23(2)12-11-20(9-10-20)15-7-5-14(6-8-15)19(25)22-16-4-3-13-26-17(16)18(21)24/h5-8,16-17H,3,9-13H2,1-2H3,(H2,21,24)(H,22,25). The molecule has 2 atom stereocenters. The van der Waals surface area contributed by atoms with Gasteiger partial charge in [-0.15, -0.1) is 0 Å². The highest BCUT2D eigenvalue weighted by molar-refractivity contribution is 5.95. The Morgan fingerprint density at radius 1 is 1.31 bits per heavy atom. The van der Waals surface area contributed by atoms with E-state index in [1.807, 2.05) is 24.3 Å². The second kappa shape index (κ2) is 7.76. The third kappa shape index (κ3) is 4.24. The smallest absolute Gasteiger partial charge is 0.251 e. The summed E-state index contributed by atoms with van der Waals surface area (Å²) in [6, 6.07) is 7.19. The molecule has 2 amide bonds. The molecule has 1 saturated heterocycles. The zero-order valence-electron chi connectivity index (χ0n) is 15.5. The second-order valence-electron chi connectivity index (χ2n) is 7.51. The molecule has 0 bridgehead atoms. The molecule has 1 heterocycles. The number of rotatable bonds is 7. The molecule has 1 aliphatic heterocycles. The Morgan fingerprint density at radius 2 is 2.00 bits per heavy atom. The minimum Gasteiger partial charge on any atom is -0.367 e. The van der Waals surface area contributed by atoms with E-state index in [-0.39, 0.29) is 11.3 Å². The van der Waals surface area contributed by atoms with Crippen LogP contribution >= 0.6 is 0 Å². The van der Waals surface area contributed by atoms with Gasteiger partial charge < -0.3 is 20.7 Å².